The Morgan fingerprint density at radius 2 is 2.19 bits per heavy atom. The van der Waals surface area contributed by atoms with Crippen molar-refractivity contribution in [3.63, 3.8) is 0 Å². The second-order valence-electron chi connectivity index (χ2n) is 4.64. The number of aromatic carboxylic acids is 1. The largest absolute Gasteiger partial charge is 0.491 e. The first-order chi connectivity index (χ1) is 10.1. The highest BCUT2D eigenvalue weighted by molar-refractivity contribution is 5.96. The van der Waals surface area contributed by atoms with Gasteiger partial charge in [0.05, 0.1) is 17.7 Å². The van der Waals surface area contributed by atoms with E-state index in [1.165, 1.54) is 22.8 Å². The number of hydrogen-bond donors (Lipinski definition) is 1. The van der Waals surface area contributed by atoms with Gasteiger partial charge >= 0.3 is 5.97 Å². The van der Waals surface area contributed by atoms with Crippen LogP contribution in [-0.4, -0.2) is 22.2 Å². The molecule has 5 nitrogen and oxygen atoms in total. The Kier molecular flexibility index (Phi) is 4.42. The number of pyridine rings is 1. The topological polar surface area (TPSA) is 68.5 Å². The molecule has 0 saturated carbocycles. The van der Waals surface area contributed by atoms with Crippen LogP contribution >= 0.6 is 0 Å². The van der Waals surface area contributed by atoms with Gasteiger partial charge in [-0.3, -0.25) is 4.79 Å². The van der Waals surface area contributed by atoms with Crippen LogP contribution in [0.25, 0.3) is 10.9 Å². The van der Waals surface area contributed by atoms with E-state index in [1.54, 1.807) is 12.1 Å². The highest BCUT2D eigenvalue weighted by Crippen LogP contribution is 2.27. The van der Waals surface area contributed by atoms with Crippen molar-refractivity contribution in [3.05, 3.63) is 52.8 Å². The molecule has 0 spiro atoms. The number of hydrogen-bond acceptors (Lipinski definition) is 3. The fraction of sp³-hybridized carbons (Fsp3) is 0.250. The predicted molar refractivity (Wildman–Crippen MR) is 81.2 cm³/mol. The summed E-state index contributed by atoms with van der Waals surface area (Å²) in [5.74, 6) is -0.619. The summed E-state index contributed by atoms with van der Waals surface area (Å²) in [7, 11) is 0. The molecule has 1 aromatic heterocycles. The van der Waals surface area contributed by atoms with E-state index in [2.05, 4.69) is 6.58 Å². The van der Waals surface area contributed by atoms with Gasteiger partial charge in [-0.1, -0.05) is 13.0 Å². The molecular weight excluding hydrogens is 270 g/mol. The molecule has 0 radical (unpaired) electrons. The molecule has 1 heterocycles. The summed E-state index contributed by atoms with van der Waals surface area (Å²) in [5.41, 5.74) is 0.560. The Balaban J connectivity index is 2.78. The number of carbonyl (C=O) groups is 1. The minimum Gasteiger partial charge on any atom is -0.491 e. The molecule has 0 unspecified atom stereocenters. The average molecular weight is 287 g/mol. The highest BCUT2D eigenvalue weighted by Gasteiger charge is 2.13. The van der Waals surface area contributed by atoms with Crippen molar-refractivity contribution in [2.75, 3.05) is 6.61 Å². The first-order valence-corrected chi connectivity index (χ1v) is 6.73. The first-order valence-electron chi connectivity index (χ1n) is 6.73. The zero-order valence-electron chi connectivity index (χ0n) is 11.8. The number of nitrogens with zero attached hydrogens (tertiary/aromatic N) is 1. The van der Waals surface area contributed by atoms with Gasteiger partial charge in [-0.15, -0.1) is 6.58 Å². The van der Waals surface area contributed by atoms with Crippen molar-refractivity contribution in [1.29, 1.82) is 0 Å². The van der Waals surface area contributed by atoms with E-state index in [0.717, 1.165) is 6.42 Å². The van der Waals surface area contributed by atoms with Gasteiger partial charge in [0.15, 0.2) is 0 Å². The number of fused-ring (bicyclic) bond motifs is 1. The molecule has 110 valence electrons. The second kappa shape index (κ2) is 6.26. The highest BCUT2D eigenvalue weighted by atomic mass is 16.5. The Bertz CT molecular complexity index is 746. The minimum atomic E-state index is -1.03. The number of ether oxygens (including phenoxy) is 1. The molecule has 0 atom stereocenters. The maximum atomic E-state index is 12.0. The van der Waals surface area contributed by atoms with Crippen molar-refractivity contribution >= 4 is 16.9 Å². The third-order valence-corrected chi connectivity index (χ3v) is 3.07. The lowest BCUT2D eigenvalue weighted by atomic mass is 10.1. The van der Waals surface area contributed by atoms with E-state index < -0.39 is 5.97 Å². The summed E-state index contributed by atoms with van der Waals surface area (Å²) in [5, 5.41) is 9.84. The zero-order chi connectivity index (χ0) is 15.4. The van der Waals surface area contributed by atoms with Crippen molar-refractivity contribution < 1.29 is 14.6 Å². The summed E-state index contributed by atoms with van der Waals surface area (Å²) in [6.45, 7) is 6.40. The molecule has 0 aliphatic carbocycles. The van der Waals surface area contributed by atoms with Gasteiger partial charge in [-0.2, -0.15) is 0 Å². The molecule has 5 heteroatoms. The van der Waals surface area contributed by atoms with E-state index in [4.69, 9.17) is 4.74 Å². The molecule has 2 aromatic rings. The standard InChI is InChI=1S/C16H17NO4/c1-3-7-17-14(18)6-5-11-9-12(16(19)20)10-13(15(11)17)21-8-4-2/h3,5-6,9-10H,1,4,7-8H2,2H3,(H,19,20). The summed E-state index contributed by atoms with van der Waals surface area (Å²) in [4.78, 5) is 23.2. The van der Waals surface area contributed by atoms with Crippen molar-refractivity contribution in [1.82, 2.24) is 4.57 Å². The minimum absolute atomic E-state index is 0.136. The van der Waals surface area contributed by atoms with Crippen LogP contribution in [0.4, 0.5) is 0 Å². The lowest BCUT2D eigenvalue weighted by molar-refractivity contribution is 0.0696. The molecule has 0 aliphatic rings. The van der Waals surface area contributed by atoms with Crippen LogP contribution in [0, 0.1) is 0 Å². The number of benzene rings is 1. The lowest BCUT2D eigenvalue weighted by Crippen LogP contribution is -2.19. The number of carboxylic acid groups (broad SMARTS) is 1. The van der Waals surface area contributed by atoms with Gasteiger partial charge in [0.2, 0.25) is 0 Å². The quantitative estimate of drug-likeness (QED) is 0.829. The van der Waals surface area contributed by atoms with E-state index in [-0.39, 0.29) is 11.1 Å². The fourth-order valence-electron chi connectivity index (χ4n) is 2.16. The third kappa shape index (κ3) is 2.97. The molecule has 0 amide bonds. The Morgan fingerprint density at radius 3 is 2.81 bits per heavy atom. The van der Waals surface area contributed by atoms with E-state index in [0.29, 0.717) is 29.8 Å². The lowest BCUT2D eigenvalue weighted by Gasteiger charge is -2.14. The first kappa shape index (κ1) is 14.8. The SMILES string of the molecule is C=CCn1c(=O)ccc2cc(C(=O)O)cc(OCCC)c21. The molecule has 0 saturated heterocycles. The summed E-state index contributed by atoms with van der Waals surface area (Å²) < 4.78 is 7.17. The fourth-order valence-corrected chi connectivity index (χ4v) is 2.16. The van der Waals surface area contributed by atoms with Gasteiger partial charge in [0, 0.05) is 18.0 Å². The van der Waals surface area contributed by atoms with Crippen molar-refractivity contribution in [2.45, 2.75) is 19.9 Å². The van der Waals surface area contributed by atoms with Gasteiger partial charge < -0.3 is 14.4 Å². The van der Waals surface area contributed by atoms with E-state index in [1.807, 2.05) is 6.92 Å². The Labute approximate surface area is 122 Å². The van der Waals surface area contributed by atoms with Crippen LogP contribution in [0.5, 0.6) is 5.75 Å². The maximum absolute atomic E-state index is 12.0. The molecule has 2 rings (SSSR count). The predicted octanol–water partition coefficient (Wildman–Crippen LogP) is 2.67. The molecule has 0 aliphatic heterocycles. The average Bonchev–Trinajstić information content (AvgIpc) is 2.47. The van der Waals surface area contributed by atoms with E-state index in [9.17, 15) is 14.7 Å². The van der Waals surface area contributed by atoms with Crippen molar-refractivity contribution in [3.8, 4) is 5.75 Å². The van der Waals surface area contributed by atoms with Crippen LogP contribution in [0.1, 0.15) is 23.7 Å². The second-order valence-corrected chi connectivity index (χ2v) is 4.64. The molecule has 0 bridgehead atoms. The molecule has 0 fully saturated rings. The number of rotatable bonds is 6. The van der Waals surface area contributed by atoms with Crippen LogP contribution in [0.3, 0.4) is 0 Å². The number of carboxylic acids is 1. The number of aromatic nitrogens is 1. The molecule has 1 N–H and O–H groups in total. The third-order valence-electron chi connectivity index (χ3n) is 3.07. The molecule has 21 heavy (non-hydrogen) atoms. The normalized spacial score (nSPS) is 10.5. The Morgan fingerprint density at radius 1 is 1.43 bits per heavy atom. The maximum Gasteiger partial charge on any atom is 0.335 e. The van der Waals surface area contributed by atoms with Gasteiger partial charge in [-0.05, 0) is 24.6 Å². The number of allylic oxidation sites excluding steroid dienone is 1. The smallest absolute Gasteiger partial charge is 0.335 e. The van der Waals surface area contributed by atoms with Crippen LogP contribution in [-0.2, 0) is 6.54 Å². The molecule has 1 aromatic carbocycles. The van der Waals surface area contributed by atoms with Gasteiger partial charge in [0.1, 0.15) is 5.75 Å². The zero-order valence-corrected chi connectivity index (χ0v) is 11.8. The summed E-state index contributed by atoms with van der Waals surface area (Å²) in [6.07, 6.45) is 2.41. The van der Waals surface area contributed by atoms with E-state index >= 15 is 0 Å². The monoisotopic (exact) mass is 287 g/mol. The van der Waals surface area contributed by atoms with Crippen LogP contribution in [0.2, 0.25) is 0 Å². The summed E-state index contributed by atoms with van der Waals surface area (Å²) >= 11 is 0. The van der Waals surface area contributed by atoms with Crippen molar-refractivity contribution in [2.24, 2.45) is 0 Å². The molecular formula is C16H17NO4. The van der Waals surface area contributed by atoms with Crippen LogP contribution < -0.4 is 10.3 Å². The van der Waals surface area contributed by atoms with Gasteiger partial charge in [-0.25, -0.2) is 4.79 Å². The summed E-state index contributed by atoms with van der Waals surface area (Å²) in [6, 6.07) is 6.03. The van der Waals surface area contributed by atoms with Crippen LogP contribution in [0.15, 0.2) is 41.7 Å². The Hall–Kier alpha value is -2.56. The van der Waals surface area contributed by atoms with Gasteiger partial charge in [0.25, 0.3) is 5.56 Å².